The van der Waals surface area contributed by atoms with Crippen molar-refractivity contribution in [3.8, 4) is 0 Å². The molecule has 0 aliphatic heterocycles. The minimum absolute atomic E-state index is 0.0822. The molecule has 0 saturated heterocycles. The number of ether oxygens (including phenoxy) is 1. The lowest BCUT2D eigenvalue weighted by atomic mass is 10.2. The first-order valence-electron chi connectivity index (χ1n) is 5.60. The van der Waals surface area contributed by atoms with Crippen molar-refractivity contribution in [1.29, 1.82) is 0 Å². The zero-order chi connectivity index (χ0) is 11.6. The highest BCUT2D eigenvalue weighted by molar-refractivity contribution is 7.99. The van der Waals surface area contributed by atoms with Gasteiger partial charge in [-0.15, -0.1) is 0 Å². The van der Waals surface area contributed by atoms with Gasteiger partial charge in [0.05, 0.1) is 6.61 Å². The third-order valence-electron chi connectivity index (χ3n) is 2.04. The summed E-state index contributed by atoms with van der Waals surface area (Å²) in [6, 6.07) is 0. The van der Waals surface area contributed by atoms with Crippen molar-refractivity contribution in [3.63, 3.8) is 0 Å². The van der Waals surface area contributed by atoms with Crippen LogP contribution in [0.25, 0.3) is 0 Å². The number of aromatic nitrogens is 2. The summed E-state index contributed by atoms with van der Waals surface area (Å²) in [6.45, 7) is 2.31. The monoisotopic (exact) mass is 242 g/mol. The number of hydrogen-bond donors (Lipinski definition) is 1. The molecular weight excluding hydrogens is 224 g/mol. The number of nitrogens with zero attached hydrogens (tertiary/aromatic N) is 1. The van der Waals surface area contributed by atoms with Crippen LogP contribution in [0.5, 0.6) is 0 Å². The number of unbranched alkanes of at least 4 members (excludes halogenated alkanes) is 2. The van der Waals surface area contributed by atoms with Crippen molar-refractivity contribution in [3.05, 3.63) is 12.4 Å². The fourth-order valence-electron chi connectivity index (χ4n) is 1.28. The van der Waals surface area contributed by atoms with E-state index in [0.29, 0.717) is 13.0 Å². The molecular formula is C11H18N2O2S. The first kappa shape index (κ1) is 13.1. The van der Waals surface area contributed by atoms with Crippen molar-refractivity contribution in [2.24, 2.45) is 0 Å². The van der Waals surface area contributed by atoms with Gasteiger partial charge in [-0.1, -0.05) is 18.2 Å². The van der Waals surface area contributed by atoms with E-state index in [4.69, 9.17) is 4.74 Å². The summed E-state index contributed by atoms with van der Waals surface area (Å²) in [4.78, 5) is 18.2. The Balaban J connectivity index is 1.90. The fourth-order valence-corrected chi connectivity index (χ4v) is 2.11. The summed E-state index contributed by atoms with van der Waals surface area (Å²) in [5.41, 5.74) is 0. The van der Waals surface area contributed by atoms with Gasteiger partial charge in [-0.2, -0.15) is 0 Å². The molecule has 1 aromatic rings. The Hall–Kier alpha value is -0.970. The van der Waals surface area contributed by atoms with Crippen molar-refractivity contribution in [1.82, 2.24) is 9.97 Å². The van der Waals surface area contributed by atoms with Gasteiger partial charge in [-0.25, -0.2) is 4.98 Å². The number of carbonyl (C=O) groups is 1. The maximum atomic E-state index is 11.0. The summed E-state index contributed by atoms with van der Waals surface area (Å²) >= 11 is 1.71. The summed E-state index contributed by atoms with van der Waals surface area (Å²) in [7, 11) is 0. The SMILES string of the molecule is CCOC(=O)CCCCCSc1ncc[nH]1. The predicted octanol–water partition coefficient (Wildman–Crippen LogP) is 2.63. The molecule has 0 radical (unpaired) electrons. The number of esters is 1. The first-order valence-corrected chi connectivity index (χ1v) is 6.59. The average molecular weight is 242 g/mol. The minimum atomic E-state index is -0.0822. The molecule has 0 aliphatic rings. The standard InChI is InChI=1S/C11H18N2O2S/c1-2-15-10(14)6-4-3-5-9-16-11-12-7-8-13-11/h7-8H,2-6,9H2,1H3,(H,12,13). The lowest BCUT2D eigenvalue weighted by Gasteiger charge is -2.01. The van der Waals surface area contributed by atoms with Gasteiger partial charge >= 0.3 is 5.97 Å². The molecule has 0 atom stereocenters. The highest BCUT2D eigenvalue weighted by Crippen LogP contribution is 2.14. The quantitative estimate of drug-likeness (QED) is 0.432. The Kier molecular flexibility index (Phi) is 6.72. The van der Waals surface area contributed by atoms with E-state index < -0.39 is 0 Å². The van der Waals surface area contributed by atoms with Crippen LogP contribution in [0, 0.1) is 0 Å². The maximum Gasteiger partial charge on any atom is 0.305 e. The van der Waals surface area contributed by atoms with Gasteiger partial charge in [0.1, 0.15) is 0 Å². The Labute approximate surface area is 100 Å². The van der Waals surface area contributed by atoms with Gasteiger partial charge in [0.2, 0.25) is 0 Å². The third kappa shape index (κ3) is 5.80. The van der Waals surface area contributed by atoms with E-state index in [0.717, 1.165) is 30.2 Å². The fraction of sp³-hybridized carbons (Fsp3) is 0.636. The largest absolute Gasteiger partial charge is 0.466 e. The molecule has 90 valence electrons. The first-order chi connectivity index (χ1) is 7.83. The summed E-state index contributed by atoms with van der Waals surface area (Å²) in [5.74, 6) is 0.956. The molecule has 0 saturated carbocycles. The Bertz CT molecular complexity index is 288. The molecule has 0 spiro atoms. The number of hydrogen-bond acceptors (Lipinski definition) is 4. The maximum absolute atomic E-state index is 11.0. The van der Waals surface area contributed by atoms with Crippen molar-refractivity contribution in [2.75, 3.05) is 12.4 Å². The second-order valence-corrected chi connectivity index (χ2v) is 4.44. The summed E-state index contributed by atoms with van der Waals surface area (Å²) in [5, 5.41) is 0.963. The Morgan fingerprint density at radius 3 is 3.06 bits per heavy atom. The van der Waals surface area contributed by atoms with Crippen LogP contribution in [0.15, 0.2) is 17.6 Å². The molecule has 0 amide bonds. The van der Waals surface area contributed by atoms with Crippen LogP contribution < -0.4 is 0 Å². The van der Waals surface area contributed by atoms with Gasteiger partial charge in [-0.05, 0) is 19.8 Å². The van der Waals surface area contributed by atoms with Crippen LogP contribution >= 0.6 is 11.8 Å². The van der Waals surface area contributed by atoms with Crippen LogP contribution in [0.4, 0.5) is 0 Å². The Morgan fingerprint density at radius 1 is 1.50 bits per heavy atom. The van der Waals surface area contributed by atoms with Gasteiger partial charge in [0.15, 0.2) is 5.16 Å². The molecule has 5 heteroatoms. The molecule has 0 aliphatic carbocycles. The van der Waals surface area contributed by atoms with Crippen molar-refractivity contribution < 1.29 is 9.53 Å². The summed E-state index contributed by atoms with van der Waals surface area (Å²) in [6.07, 6.45) is 7.19. The topological polar surface area (TPSA) is 55.0 Å². The lowest BCUT2D eigenvalue weighted by Crippen LogP contribution is -2.03. The van der Waals surface area contributed by atoms with Crippen molar-refractivity contribution >= 4 is 17.7 Å². The van der Waals surface area contributed by atoms with Gasteiger partial charge in [0.25, 0.3) is 0 Å². The van der Waals surface area contributed by atoms with Crippen LogP contribution in [-0.4, -0.2) is 28.3 Å². The molecule has 4 nitrogen and oxygen atoms in total. The number of nitrogens with one attached hydrogen (secondary N) is 1. The van der Waals surface area contributed by atoms with E-state index in [2.05, 4.69) is 9.97 Å². The molecule has 0 bridgehead atoms. The second kappa shape index (κ2) is 8.21. The van der Waals surface area contributed by atoms with E-state index >= 15 is 0 Å². The molecule has 1 heterocycles. The summed E-state index contributed by atoms with van der Waals surface area (Å²) < 4.78 is 4.85. The van der Waals surface area contributed by atoms with E-state index in [9.17, 15) is 4.79 Å². The average Bonchev–Trinajstić information content (AvgIpc) is 2.76. The number of aromatic amines is 1. The number of rotatable bonds is 8. The molecule has 1 rings (SSSR count). The zero-order valence-electron chi connectivity index (χ0n) is 9.57. The smallest absolute Gasteiger partial charge is 0.305 e. The highest BCUT2D eigenvalue weighted by Gasteiger charge is 2.01. The normalized spacial score (nSPS) is 10.3. The predicted molar refractivity (Wildman–Crippen MR) is 64.4 cm³/mol. The van der Waals surface area contributed by atoms with Crippen LogP contribution in [0.3, 0.4) is 0 Å². The molecule has 1 N–H and O–H groups in total. The second-order valence-electron chi connectivity index (χ2n) is 3.36. The third-order valence-corrected chi connectivity index (χ3v) is 3.03. The molecule has 1 aromatic heterocycles. The van der Waals surface area contributed by atoms with Crippen molar-refractivity contribution in [2.45, 2.75) is 37.8 Å². The molecule has 0 unspecified atom stereocenters. The van der Waals surface area contributed by atoms with E-state index in [1.807, 2.05) is 13.1 Å². The van der Waals surface area contributed by atoms with E-state index in [1.165, 1.54) is 0 Å². The number of H-pyrrole nitrogens is 1. The number of thioether (sulfide) groups is 1. The Morgan fingerprint density at radius 2 is 2.38 bits per heavy atom. The van der Waals surface area contributed by atoms with Gasteiger partial charge in [0, 0.05) is 24.6 Å². The van der Waals surface area contributed by atoms with Crippen LogP contribution in [-0.2, 0) is 9.53 Å². The zero-order valence-corrected chi connectivity index (χ0v) is 10.4. The molecule has 16 heavy (non-hydrogen) atoms. The van der Waals surface area contributed by atoms with E-state index in [1.54, 1.807) is 18.0 Å². The highest BCUT2D eigenvalue weighted by atomic mass is 32.2. The number of carbonyl (C=O) groups excluding carboxylic acids is 1. The van der Waals surface area contributed by atoms with Crippen LogP contribution in [0.2, 0.25) is 0 Å². The van der Waals surface area contributed by atoms with Gasteiger partial charge < -0.3 is 9.72 Å². The van der Waals surface area contributed by atoms with Gasteiger partial charge in [-0.3, -0.25) is 4.79 Å². The lowest BCUT2D eigenvalue weighted by molar-refractivity contribution is -0.143. The van der Waals surface area contributed by atoms with E-state index in [-0.39, 0.29) is 5.97 Å². The number of imidazole rings is 1. The van der Waals surface area contributed by atoms with Crippen LogP contribution in [0.1, 0.15) is 32.6 Å². The molecule has 0 aromatic carbocycles. The minimum Gasteiger partial charge on any atom is -0.466 e. The molecule has 0 fully saturated rings.